The van der Waals surface area contributed by atoms with Crippen molar-refractivity contribution in [1.29, 1.82) is 0 Å². The molecule has 1 atom stereocenters. The molecule has 3 aromatic rings. The predicted molar refractivity (Wildman–Crippen MR) is 117 cm³/mol. The number of carbonyl (C=O) groups is 1. The van der Waals surface area contributed by atoms with Crippen LogP contribution in [0.15, 0.2) is 59.1 Å². The summed E-state index contributed by atoms with van der Waals surface area (Å²) >= 11 is 0. The molecule has 2 heterocycles. The Labute approximate surface area is 182 Å². The number of likely N-dealkylation sites (tertiary alicyclic amines) is 1. The SMILES string of the molecule is COc1ccc(CCNC(=O)C2CCCN(Cc3nc(-c4ccccc4)no3)C2)cc1. The first-order valence-electron chi connectivity index (χ1n) is 10.7. The van der Waals surface area contributed by atoms with Gasteiger partial charge in [0.15, 0.2) is 0 Å². The zero-order valence-electron chi connectivity index (χ0n) is 17.8. The number of rotatable bonds is 8. The number of benzene rings is 2. The van der Waals surface area contributed by atoms with Crippen molar-refractivity contribution < 1.29 is 14.1 Å². The van der Waals surface area contributed by atoms with Crippen LogP contribution in [0.3, 0.4) is 0 Å². The third kappa shape index (κ3) is 5.70. The summed E-state index contributed by atoms with van der Waals surface area (Å²) in [4.78, 5) is 19.4. The van der Waals surface area contributed by atoms with Gasteiger partial charge in [-0.2, -0.15) is 4.98 Å². The Morgan fingerprint density at radius 2 is 2.00 bits per heavy atom. The molecule has 1 unspecified atom stereocenters. The predicted octanol–water partition coefficient (Wildman–Crippen LogP) is 3.32. The number of nitrogens with one attached hydrogen (secondary N) is 1. The highest BCUT2D eigenvalue weighted by Crippen LogP contribution is 2.20. The molecule has 0 saturated carbocycles. The normalized spacial score (nSPS) is 16.7. The van der Waals surface area contributed by atoms with Crippen molar-refractivity contribution in [3.05, 3.63) is 66.1 Å². The molecule has 1 aromatic heterocycles. The van der Waals surface area contributed by atoms with Crippen molar-refractivity contribution in [1.82, 2.24) is 20.4 Å². The summed E-state index contributed by atoms with van der Waals surface area (Å²) in [5.41, 5.74) is 2.11. The fourth-order valence-electron chi connectivity index (χ4n) is 3.89. The molecule has 0 bridgehead atoms. The maximum absolute atomic E-state index is 12.7. The van der Waals surface area contributed by atoms with E-state index in [0.29, 0.717) is 31.3 Å². The Morgan fingerprint density at radius 1 is 1.19 bits per heavy atom. The Hall–Kier alpha value is -3.19. The van der Waals surface area contributed by atoms with Crippen LogP contribution in [0.5, 0.6) is 5.75 Å². The van der Waals surface area contributed by atoms with E-state index in [0.717, 1.165) is 37.1 Å². The van der Waals surface area contributed by atoms with Gasteiger partial charge >= 0.3 is 0 Å². The van der Waals surface area contributed by atoms with E-state index in [2.05, 4.69) is 20.4 Å². The number of piperidine rings is 1. The number of aromatic nitrogens is 2. The smallest absolute Gasteiger partial charge is 0.241 e. The monoisotopic (exact) mass is 420 g/mol. The number of amides is 1. The average molecular weight is 421 g/mol. The van der Waals surface area contributed by atoms with E-state index in [1.807, 2.05) is 54.6 Å². The van der Waals surface area contributed by atoms with E-state index in [4.69, 9.17) is 9.26 Å². The largest absolute Gasteiger partial charge is 0.497 e. The molecule has 1 saturated heterocycles. The molecule has 0 aliphatic carbocycles. The zero-order chi connectivity index (χ0) is 21.5. The maximum atomic E-state index is 12.7. The van der Waals surface area contributed by atoms with Crippen LogP contribution in [-0.2, 0) is 17.8 Å². The fourth-order valence-corrected chi connectivity index (χ4v) is 3.89. The molecule has 31 heavy (non-hydrogen) atoms. The number of methoxy groups -OCH3 is 1. The van der Waals surface area contributed by atoms with Crippen LogP contribution in [0.2, 0.25) is 0 Å². The first-order chi connectivity index (χ1) is 15.2. The Morgan fingerprint density at radius 3 is 2.77 bits per heavy atom. The lowest BCUT2D eigenvalue weighted by Crippen LogP contribution is -2.43. The summed E-state index contributed by atoms with van der Waals surface area (Å²) in [6, 6.07) is 17.7. The lowest BCUT2D eigenvalue weighted by molar-refractivity contribution is -0.126. The summed E-state index contributed by atoms with van der Waals surface area (Å²) < 4.78 is 10.6. The number of ether oxygens (including phenoxy) is 1. The number of hydrogen-bond donors (Lipinski definition) is 1. The molecular weight excluding hydrogens is 392 g/mol. The minimum atomic E-state index is -0.0128. The van der Waals surface area contributed by atoms with Gasteiger partial charge in [-0.1, -0.05) is 47.6 Å². The van der Waals surface area contributed by atoms with Crippen LogP contribution in [0, 0.1) is 5.92 Å². The van der Waals surface area contributed by atoms with E-state index < -0.39 is 0 Å². The molecular formula is C24H28N4O3. The van der Waals surface area contributed by atoms with Gasteiger partial charge in [-0.3, -0.25) is 9.69 Å². The van der Waals surface area contributed by atoms with Gasteiger partial charge < -0.3 is 14.6 Å². The third-order valence-corrected chi connectivity index (χ3v) is 5.61. The Bertz CT molecular complexity index is 972. The lowest BCUT2D eigenvalue weighted by atomic mass is 9.97. The second-order valence-electron chi connectivity index (χ2n) is 7.84. The van der Waals surface area contributed by atoms with Crippen LogP contribution in [0.25, 0.3) is 11.4 Å². The van der Waals surface area contributed by atoms with E-state index in [1.165, 1.54) is 5.56 Å². The summed E-state index contributed by atoms with van der Waals surface area (Å²) in [7, 11) is 1.66. The molecule has 1 aliphatic rings. The molecule has 1 N–H and O–H groups in total. The summed E-state index contributed by atoms with van der Waals surface area (Å²) in [5, 5.41) is 7.18. The first kappa shape index (κ1) is 21.1. The molecule has 7 heteroatoms. The van der Waals surface area contributed by atoms with Gasteiger partial charge in [0.1, 0.15) is 5.75 Å². The summed E-state index contributed by atoms with van der Waals surface area (Å²) in [5.74, 6) is 2.13. The van der Waals surface area contributed by atoms with Crippen molar-refractivity contribution in [3.8, 4) is 17.1 Å². The van der Waals surface area contributed by atoms with Gasteiger partial charge in [0, 0.05) is 18.7 Å². The van der Waals surface area contributed by atoms with Crippen molar-refractivity contribution in [2.45, 2.75) is 25.8 Å². The second kappa shape index (κ2) is 10.2. The lowest BCUT2D eigenvalue weighted by Gasteiger charge is -2.30. The minimum absolute atomic E-state index is 0.0128. The molecule has 2 aromatic carbocycles. The highest BCUT2D eigenvalue weighted by molar-refractivity contribution is 5.79. The van der Waals surface area contributed by atoms with E-state index >= 15 is 0 Å². The highest BCUT2D eigenvalue weighted by Gasteiger charge is 2.26. The van der Waals surface area contributed by atoms with Crippen molar-refractivity contribution in [3.63, 3.8) is 0 Å². The van der Waals surface area contributed by atoms with Gasteiger partial charge in [-0.05, 0) is 43.5 Å². The van der Waals surface area contributed by atoms with Crippen molar-refractivity contribution in [2.75, 3.05) is 26.7 Å². The van der Waals surface area contributed by atoms with Gasteiger partial charge in [-0.25, -0.2) is 0 Å². The van der Waals surface area contributed by atoms with Crippen molar-refractivity contribution in [2.24, 2.45) is 5.92 Å². The first-order valence-corrected chi connectivity index (χ1v) is 10.7. The summed E-state index contributed by atoms with van der Waals surface area (Å²) in [6.45, 7) is 2.83. The molecule has 0 spiro atoms. The average Bonchev–Trinajstić information content (AvgIpc) is 3.29. The second-order valence-corrected chi connectivity index (χ2v) is 7.84. The molecule has 7 nitrogen and oxygen atoms in total. The number of hydrogen-bond acceptors (Lipinski definition) is 6. The standard InChI is InChI=1S/C24H28N4O3/c1-30-21-11-9-18(10-12-21)13-14-25-24(29)20-8-5-15-28(16-20)17-22-26-23(27-31-22)19-6-3-2-4-7-19/h2-4,6-7,9-12,20H,5,8,13-17H2,1H3,(H,25,29). The van der Waals surface area contributed by atoms with E-state index in [-0.39, 0.29) is 11.8 Å². The van der Waals surface area contributed by atoms with E-state index in [1.54, 1.807) is 7.11 Å². The van der Waals surface area contributed by atoms with Gasteiger partial charge in [0.2, 0.25) is 17.6 Å². The third-order valence-electron chi connectivity index (χ3n) is 5.61. The summed E-state index contributed by atoms with van der Waals surface area (Å²) in [6.07, 6.45) is 2.69. The van der Waals surface area contributed by atoms with Crippen molar-refractivity contribution >= 4 is 5.91 Å². The number of nitrogens with zero attached hydrogens (tertiary/aromatic N) is 3. The van der Waals surface area contributed by atoms with Gasteiger partial charge in [-0.15, -0.1) is 0 Å². The molecule has 1 fully saturated rings. The van der Waals surface area contributed by atoms with Crippen LogP contribution < -0.4 is 10.1 Å². The molecule has 1 aliphatic heterocycles. The highest BCUT2D eigenvalue weighted by atomic mass is 16.5. The van der Waals surface area contributed by atoms with E-state index in [9.17, 15) is 4.79 Å². The maximum Gasteiger partial charge on any atom is 0.241 e. The molecule has 4 rings (SSSR count). The van der Waals surface area contributed by atoms with Crippen LogP contribution in [0.1, 0.15) is 24.3 Å². The van der Waals surface area contributed by atoms with Gasteiger partial charge in [0.05, 0.1) is 19.6 Å². The van der Waals surface area contributed by atoms with Crippen LogP contribution in [0.4, 0.5) is 0 Å². The van der Waals surface area contributed by atoms with Crippen LogP contribution in [-0.4, -0.2) is 47.7 Å². The fraction of sp³-hybridized carbons (Fsp3) is 0.375. The van der Waals surface area contributed by atoms with Gasteiger partial charge in [0.25, 0.3) is 0 Å². The topological polar surface area (TPSA) is 80.5 Å². The molecule has 0 radical (unpaired) electrons. The Balaban J connectivity index is 1.25. The number of carbonyl (C=O) groups excluding carboxylic acids is 1. The van der Waals surface area contributed by atoms with Crippen LogP contribution >= 0.6 is 0 Å². The quantitative estimate of drug-likeness (QED) is 0.602. The molecule has 1 amide bonds. The molecule has 162 valence electrons. The zero-order valence-corrected chi connectivity index (χ0v) is 17.8. The Kier molecular flexibility index (Phi) is 6.94. The minimum Gasteiger partial charge on any atom is -0.497 e.